The minimum atomic E-state index is -2.04. The van der Waals surface area contributed by atoms with Crippen molar-refractivity contribution in [2.45, 2.75) is 77.6 Å². The van der Waals surface area contributed by atoms with Crippen molar-refractivity contribution >= 4 is 11.8 Å². The maximum absolute atomic E-state index is 14.2. The van der Waals surface area contributed by atoms with Gasteiger partial charge >= 0.3 is 5.97 Å². The molecule has 0 heterocycles. The Morgan fingerprint density at radius 3 is 2.53 bits per heavy atom. The van der Waals surface area contributed by atoms with Gasteiger partial charge in [-0.3, -0.25) is 9.59 Å². The Hall–Kier alpha value is -1.50. The monoisotopic (exact) mass is 444 g/mol. The molecular formula is C26H36O6. The highest BCUT2D eigenvalue weighted by Crippen LogP contribution is 2.71. The number of ether oxygens (including phenoxy) is 1. The van der Waals surface area contributed by atoms with Crippen molar-refractivity contribution < 1.29 is 29.6 Å². The van der Waals surface area contributed by atoms with Gasteiger partial charge in [0.1, 0.15) is 6.10 Å². The van der Waals surface area contributed by atoms with Crippen molar-refractivity contribution in [2.24, 2.45) is 40.4 Å². The largest absolute Gasteiger partial charge is 0.454 e. The van der Waals surface area contributed by atoms with E-state index in [2.05, 4.69) is 13.8 Å². The second kappa shape index (κ2) is 7.00. The molecule has 5 aliphatic rings. The Morgan fingerprint density at radius 2 is 1.91 bits per heavy atom. The number of esters is 1. The van der Waals surface area contributed by atoms with Crippen molar-refractivity contribution in [3.63, 3.8) is 0 Å². The second-order valence-corrected chi connectivity index (χ2v) is 11.7. The Bertz CT molecular complexity index is 911. The third kappa shape index (κ3) is 2.57. The van der Waals surface area contributed by atoms with Gasteiger partial charge in [0.25, 0.3) is 0 Å². The summed E-state index contributed by atoms with van der Waals surface area (Å²) in [4.78, 5) is 27.2. The molecule has 8 atom stereocenters. The van der Waals surface area contributed by atoms with Gasteiger partial charge in [0, 0.05) is 5.92 Å². The third-order valence-electron chi connectivity index (χ3n) is 9.82. The van der Waals surface area contributed by atoms with E-state index in [0.29, 0.717) is 11.5 Å². The zero-order valence-corrected chi connectivity index (χ0v) is 19.5. The molecule has 0 aromatic rings. The molecular weight excluding hydrogens is 408 g/mol. The number of carbonyl (C=O) groups is 2. The number of Topliss-reactive ketones (excluding diaryl/α,β-unsaturated/α-hetero) is 1. The molecule has 0 radical (unpaired) electrons. The lowest BCUT2D eigenvalue weighted by Crippen LogP contribution is -2.66. The van der Waals surface area contributed by atoms with E-state index in [9.17, 15) is 24.9 Å². The standard InChI is InChI=1S/C26H36O6/c1-13-11-25-14(2)9-18-19(24(18,3)4)17(21(25)29)10-16(12-27)20(28)26(25,31)22(13)32-23(30)15-7-5-6-8-15/h10-11,14-15,17-20,22,27-28,31H,5-9,12H2,1-4H3/t14-,17+,18-,19+,20-,22+,25+,26+/m1/s1. The molecule has 2 bridgehead atoms. The van der Waals surface area contributed by atoms with Crippen LogP contribution in [0.25, 0.3) is 0 Å². The maximum atomic E-state index is 14.2. The van der Waals surface area contributed by atoms with E-state index in [1.165, 1.54) is 0 Å². The van der Waals surface area contributed by atoms with Crippen LogP contribution in [-0.2, 0) is 14.3 Å². The molecule has 1 spiro atoms. The SMILES string of the molecule is CC1=C[C@]23C(=O)[C@@H](C=C(CO)[C@@H](O)[C@]2(O)[C@H]1OC(=O)C1CCCC1)[C@H]1[C@@H](C[C@H]3C)C1(C)C. The quantitative estimate of drug-likeness (QED) is 0.457. The topological polar surface area (TPSA) is 104 Å². The zero-order valence-electron chi connectivity index (χ0n) is 19.5. The lowest BCUT2D eigenvalue weighted by Gasteiger charge is -2.48. The third-order valence-corrected chi connectivity index (χ3v) is 9.82. The number of ketones is 1. The van der Waals surface area contributed by atoms with E-state index >= 15 is 0 Å². The smallest absolute Gasteiger partial charge is 0.309 e. The molecule has 0 unspecified atom stereocenters. The fourth-order valence-electron chi connectivity index (χ4n) is 7.97. The maximum Gasteiger partial charge on any atom is 0.309 e. The number of aliphatic hydroxyl groups excluding tert-OH is 2. The molecule has 0 amide bonds. The number of rotatable bonds is 3. The van der Waals surface area contributed by atoms with Gasteiger partial charge in [0.2, 0.25) is 0 Å². The number of aliphatic hydroxyl groups is 3. The average Bonchev–Trinajstić information content (AvgIpc) is 3.09. The molecule has 0 saturated heterocycles. The number of allylic oxidation sites excluding steroid dienone is 1. The zero-order chi connectivity index (χ0) is 23.2. The van der Waals surface area contributed by atoms with Crippen LogP contribution in [0.3, 0.4) is 0 Å². The van der Waals surface area contributed by atoms with E-state index in [1.54, 1.807) is 19.1 Å². The second-order valence-electron chi connectivity index (χ2n) is 11.7. The van der Waals surface area contributed by atoms with E-state index in [-0.39, 0.29) is 40.5 Å². The molecule has 6 nitrogen and oxygen atoms in total. The van der Waals surface area contributed by atoms with Crippen molar-refractivity contribution in [1.29, 1.82) is 0 Å². The molecule has 3 fully saturated rings. The molecule has 176 valence electrons. The van der Waals surface area contributed by atoms with E-state index < -0.39 is 35.7 Å². The van der Waals surface area contributed by atoms with Crippen LogP contribution < -0.4 is 0 Å². The summed E-state index contributed by atoms with van der Waals surface area (Å²) < 4.78 is 5.92. The highest BCUT2D eigenvalue weighted by Gasteiger charge is 2.76. The molecule has 5 aliphatic carbocycles. The number of hydrogen-bond donors (Lipinski definition) is 3. The summed E-state index contributed by atoms with van der Waals surface area (Å²) in [5.41, 5.74) is -2.56. The van der Waals surface area contributed by atoms with Gasteiger partial charge in [-0.25, -0.2) is 0 Å². The summed E-state index contributed by atoms with van der Waals surface area (Å²) in [5.74, 6) is -0.985. The fourth-order valence-corrected chi connectivity index (χ4v) is 7.97. The molecule has 5 rings (SSSR count). The first-order valence-electron chi connectivity index (χ1n) is 12.2. The van der Waals surface area contributed by atoms with E-state index in [4.69, 9.17) is 4.74 Å². The first kappa shape index (κ1) is 22.3. The van der Waals surface area contributed by atoms with Crippen LogP contribution in [0.2, 0.25) is 0 Å². The van der Waals surface area contributed by atoms with Crippen LogP contribution >= 0.6 is 0 Å². The predicted octanol–water partition coefficient (Wildman–Crippen LogP) is 2.56. The molecule has 6 heteroatoms. The number of hydrogen-bond acceptors (Lipinski definition) is 6. The van der Waals surface area contributed by atoms with Gasteiger partial charge in [-0.1, -0.05) is 45.8 Å². The molecule has 0 aliphatic heterocycles. The normalized spacial score (nSPS) is 47.0. The summed E-state index contributed by atoms with van der Waals surface area (Å²) in [7, 11) is 0. The van der Waals surface area contributed by atoms with Crippen LogP contribution in [-0.4, -0.2) is 51.5 Å². The molecule has 0 aromatic heterocycles. The minimum Gasteiger partial charge on any atom is -0.454 e. The minimum absolute atomic E-state index is 0.00757. The van der Waals surface area contributed by atoms with Crippen molar-refractivity contribution in [3.05, 3.63) is 23.3 Å². The van der Waals surface area contributed by atoms with Crippen LogP contribution in [0.1, 0.15) is 59.8 Å². The van der Waals surface area contributed by atoms with Gasteiger partial charge in [-0.2, -0.15) is 0 Å². The summed E-state index contributed by atoms with van der Waals surface area (Å²) in [6.45, 7) is 7.62. The Morgan fingerprint density at radius 1 is 1.25 bits per heavy atom. The summed E-state index contributed by atoms with van der Waals surface area (Å²) in [6, 6.07) is 0. The van der Waals surface area contributed by atoms with Crippen LogP contribution in [0.15, 0.2) is 23.3 Å². The number of carbonyl (C=O) groups excluding carboxylic acids is 2. The van der Waals surface area contributed by atoms with E-state index in [0.717, 1.165) is 32.1 Å². The lowest BCUT2D eigenvalue weighted by atomic mass is 9.59. The molecule has 3 N–H and O–H groups in total. The van der Waals surface area contributed by atoms with Gasteiger partial charge in [-0.15, -0.1) is 0 Å². The average molecular weight is 445 g/mol. The van der Waals surface area contributed by atoms with Crippen molar-refractivity contribution in [2.75, 3.05) is 6.61 Å². The van der Waals surface area contributed by atoms with Gasteiger partial charge < -0.3 is 20.1 Å². The Kier molecular flexibility index (Phi) is 4.88. The first-order valence-corrected chi connectivity index (χ1v) is 12.2. The summed E-state index contributed by atoms with van der Waals surface area (Å²) >= 11 is 0. The van der Waals surface area contributed by atoms with Gasteiger partial charge in [-0.05, 0) is 60.5 Å². The molecule has 3 saturated carbocycles. The van der Waals surface area contributed by atoms with Crippen molar-refractivity contribution in [1.82, 2.24) is 0 Å². The highest BCUT2D eigenvalue weighted by atomic mass is 16.6. The van der Waals surface area contributed by atoms with E-state index in [1.807, 2.05) is 6.92 Å². The van der Waals surface area contributed by atoms with Gasteiger partial charge in [0.15, 0.2) is 17.5 Å². The molecule has 32 heavy (non-hydrogen) atoms. The van der Waals surface area contributed by atoms with Crippen molar-refractivity contribution in [3.8, 4) is 0 Å². The predicted molar refractivity (Wildman–Crippen MR) is 117 cm³/mol. The fraction of sp³-hybridized carbons (Fsp3) is 0.769. The summed E-state index contributed by atoms with van der Waals surface area (Å²) in [5, 5.41) is 33.9. The molecule has 0 aromatic carbocycles. The van der Waals surface area contributed by atoms with Gasteiger partial charge in [0.05, 0.1) is 17.9 Å². The van der Waals surface area contributed by atoms with Crippen LogP contribution in [0.5, 0.6) is 0 Å². The summed E-state index contributed by atoms with van der Waals surface area (Å²) in [6.07, 6.45) is 5.10. The lowest BCUT2D eigenvalue weighted by molar-refractivity contribution is -0.205. The van der Waals surface area contributed by atoms with Crippen LogP contribution in [0, 0.1) is 40.4 Å². The van der Waals surface area contributed by atoms with Crippen LogP contribution in [0.4, 0.5) is 0 Å². The Labute approximate surface area is 189 Å². The first-order chi connectivity index (χ1) is 15.0. The Balaban J connectivity index is 1.63. The number of fused-ring (bicyclic) bond motifs is 3. The highest BCUT2D eigenvalue weighted by molar-refractivity contribution is 5.95.